The second-order valence-corrected chi connectivity index (χ2v) is 7.59. The van der Waals surface area contributed by atoms with Crippen LogP contribution in [0.4, 0.5) is 11.4 Å². The summed E-state index contributed by atoms with van der Waals surface area (Å²) < 4.78 is 14.4. The van der Waals surface area contributed by atoms with Crippen LogP contribution in [0, 0.1) is 10.1 Å². The van der Waals surface area contributed by atoms with Gasteiger partial charge in [0, 0.05) is 27.3 Å². The molecule has 27 heavy (non-hydrogen) atoms. The SMILES string of the molecule is CC(C)(C)Nc1cc(Oc2ccc(Cl)cc2Cl)ccc1[N+](=O)[O-].O=[P+](O)O. The summed E-state index contributed by atoms with van der Waals surface area (Å²) in [5.74, 6) is 0.859. The predicted octanol–water partition coefficient (Wildman–Crippen LogP) is 5.53. The maximum absolute atomic E-state index is 11.2. The molecule has 11 heteroatoms. The summed E-state index contributed by atoms with van der Waals surface area (Å²) >= 11 is 11.9. The highest BCUT2D eigenvalue weighted by molar-refractivity contribution is 7.30. The highest BCUT2D eigenvalue weighted by atomic mass is 35.5. The highest BCUT2D eigenvalue weighted by Crippen LogP contribution is 2.36. The molecule has 0 radical (unpaired) electrons. The molecule has 0 spiro atoms. The monoisotopic (exact) mass is 435 g/mol. The quantitative estimate of drug-likeness (QED) is 0.327. The number of benzene rings is 2. The molecule has 0 aliphatic carbocycles. The normalized spacial score (nSPS) is 10.5. The van der Waals surface area contributed by atoms with Gasteiger partial charge in [-0.1, -0.05) is 23.2 Å². The van der Waals surface area contributed by atoms with E-state index in [0.29, 0.717) is 27.2 Å². The third-order valence-electron chi connectivity index (χ3n) is 2.80. The van der Waals surface area contributed by atoms with E-state index in [0.717, 1.165) is 0 Å². The molecule has 0 atom stereocenters. The number of nitrogens with zero attached hydrogens (tertiary/aromatic N) is 1. The second-order valence-electron chi connectivity index (χ2n) is 6.24. The number of halogens is 2. The number of ether oxygens (including phenoxy) is 1. The molecular formula is C16H18Cl2N2O6P+. The van der Waals surface area contributed by atoms with E-state index in [1.54, 1.807) is 24.3 Å². The van der Waals surface area contributed by atoms with Gasteiger partial charge < -0.3 is 10.1 Å². The van der Waals surface area contributed by atoms with E-state index in [1.165, 1.54) is 12.1 Å². The minimum absolute atomic E-state index is 0.0190. The Bertz CT molecular complexity index is 838. The molecule has 146 valence electrons. The van der Waals surface area contributed by atoms with Crippen LogP contribution in [0.25, 0.3) is 0 Å². The molecule has 0 saturated heterocycles. The molecule has 2 aromatic carbocycles. The molecule has 3 N–H and O–H groups in total. The fourth-order valence-electron chi connectivity index (χ4n) is 1.93. The Hall–Kier alpha value is -1.96. The zero-order valence-electron chi connectivity index (χ0n) is 14.6. The molecule has 0 heterocycles. The Morgan fingerprint density at radius 2 is 1.74 bits per heavy atom. The summed E-state index contributed by atoms with van der Waals surface area (Å²) in [6.07, 6.45) is 0. The molecule has 0 bridgehead atoms. The topological polar surface area (TPSA) is 122 Å². The third-order valence-corrected chi connectivity index (χ3v) is 3.33. The summed E-state index contributed by atoms with van der Waals surface area (Å²) in [4.78, 5) is 25.0. The van der Waals surface area contributed by atoms with E-state index in [9.17, 15) is 10.1 Å². The predicted molar refractivity (Wildman–Crippen MR) is 105 cm³/mol. The van der Waals surface area contributed by atoms with Crippen LogP contribution in [0.15, 0.2) is 36.4 Å². The van der Waals surface area contributed by atoms with Crippen molar-refractivity contribution in [2.45, 2.75) is 26.3 Å². The average molecular weight is 436 g/mol. The van der Waals surface area contributed by atoms with Crippen LogP contribution >= 0.6 is 31.5 Å². The summed E-state index contributed by atoms with van der Waals surface area (Å²) in [5, 5.41) is 15.1. The molecule has 0 saturated carbocycles. The Morgan fingerprint density at radius 3 is 2.22 bits per heavy atom. The highest BCUT2D eigenvalue weighted by Gasteiger charge is 2.20. The van der Waals surface area contributed by atoms with Crippen molar-refractivity contribution >= 4 is 42.8 Å². The number of nitrogens with one attached hydrogen (secondary N) is 1. The first-order chi connectivity index (χ1) is 12.4. The smallest absolute Gasteiger partial charge is 0.456 e. The van der Waals surface area contributed by atoms with Crippen molar-refractivity contribution in [3.05, 3.63) is 56.6 Å². The zero-order chi connectivity index (χ0) is 20.8. The first-order valence-corrected chi connectivity index (χ1v) is 9.35. The van der Waals surface area contributed by atoms with E-state index < -0.39 is 13.2 Å². The lowest BCUT2D eigenvalue weighted by Crippen LogP contribution is -2.26. The van der Waals surface area contributed by atoms with Crippen LogP contribution < -0.4 is 10.1 Å². The Balaban J connectivity index is 0.000000828. The number of rotatable bonds is 4. The van der Waals surface area contributed by atoms with Gasteiger partial charge in [-0.15, -0.1) is 9.79 Å². The summed E-state index contributed by atoms with van der Waals surface area (Å²) in [6, 6.07) is 9.36. The number of nitro benzene ring substituents is 1. The largest absolute Gasteiger partial charge is 0.692 e. The van der Waals surface area contributed by atoms with Crippen molar-refractivity contribution in [2.24, 2.45) is 0 Å². The van der Waals surface area contributed by atoms with Crippen LogP contribution in [0.5, 0.6) is 11.5 Å². The van der Waals surface area contributed by atoms with E-state index in [4.69, 9.17) is 42.3 Å². The van der Waals surface area contributed by atoms with Crippen molar-refractivity contribution < 1.29 is 24.0 Å². The molecule has 2 rings (SSSR count). The van der Waals surface area contributed by atoms with Crippen LogP contribution in [0.2, 0.25) is 10.0 Å². The van der Waals surface area contributed by atoms with Gasteiger partial charge in [0.15, 0.2) is 0 Å². The minimum Gasteiger partial charge on any atom is -0.456 e. The molecular weight excluding hydrogens is 418 g/mol. The fraction of sp³-hybridized carbons (Fsp3) is 0.250. The Morgan fingerprint density at radius 1 is 1.15 bits per heavy atom. The van der Waals surface area contributed by atoms with Gasteiger partial charge in [-0.2, -0.15) is 0 Å². The van der Waals surface area contributed by atoms with Crippen molar-refractivity contribution in [1.82, 2.24) is 0 Å². The van der Waals surface area contributed by atoms with Gasteiger partial charge in [0.05, 0.1) is 9.95 Å². The van der Waals surface area contributed by atoms with Crippen LogP contribution in [0.1, 0.15) is 20.8 Å². The van der Waals surface area contributed by atoms with E-state index in [-0.39, 0.29) is 11.2 Å². The molecule has 0 fully saturated rings. The van der Waals surface area contributed by atoms with Gasteiger partial charge in [0.2, 0.25) is 0 Å². The summed E-state index contributed by atoms with van der Waals surface area (Å²) in [6.45, 7) is 5.75. The van der Waals surface area contributed by atoms with E-state index >= 15 is 0 Å². The van der Waals surface area contributed by atoms with Gasteiger partial charge in [-0.05, 0) is 45.0 Å². The van der Waals surface area contributed by atoms with E-state index in [2.05, 4.69) is 5.32 Å². The van der Waals surface area contributed by atoms with Gasteiger partial charge >= 0.3 is 8.25 Å². The van der Waals surface area contributed by atoms with Gasteiger partial charge in [0.25, 0.3) is 5.69 Å². The Kier molecular flexibility index (Phi) is 8.40. The van der Waals surface area contributed by atoms with Crippen LogP contribution in [-0.4, -0.2) is 20.2 Å². The zero-order valence-corrected chi connectivity index (χ0v) is 17.0. The maximum atomic E-state index is 11.2. The van der Waals surface area contributed by atoms with Gasteiger partial charge in [-0.25, -0.2) is 0 Å². The van der Waals surface area contributed by atoms with Crippen LogP contribution in [0.3, 0.4) is 0 Å². The summed E-state index contributed by atoms with van der Waals surface area (Å²) in [7, 11) is -2.87. The maximum Gasteiger partial charge on any atom is 0.692 e. The first kappa shape index (κ1) is 23.1. The lowest BCUT2D eigenvalue weighted by Gasteiger charge is -2.22. The standard InChI is InChI=1S/C16H16Cl2N2O3.HO3P/c1-16(2,3)19-13-9-11(5-6-14(13)20(21)22)23-15-7-4-10(17)8-12(15)18;1-4(2)3/h4-9,19H,1-3H3;(H-,1,2,3)/p+1. The number of hydrogen-bond donors (Lipinski definition) is 3. The lowest BCUT2D eigenvalue weighted by molar-refractivity contribution is -0.384. The molecule has 0 aliphatic rings. The molecule has 0 amide bonds. The van der Waals surface area contributed by atoms with E-state index in [1.807, 2.05) is 20.8 Å². The average Bonchev–Trinajstić information content (AvgIpc) is 2.48. The third kappa shape index (κ3) is 8.51. The molecule has 2 aromatic rings. The van der Waals surface area contributed by atoms with Crippen molar-refractivity contribution in [3.63, 3.8) is 0 Å². The molecule has 0 aliphatic heterocycles. The first-order valence-electron chi connectivity index (χ1n) is 7.43. The molecule has 8 nitrogen and oxygen atoms in total. The molecule has 0 unspecified atom stereocenters. The fourth-order valence-corrected chi connectivity index (χ4v) is 2.37. The van der Waals surface area contributed by atoms with Crippen molar-refractivity contribution in [1.29, 1.82) is 0 Å². The van der Waals surface area contributed by atoms with Crippen molar-refractivity contribution in [3.8, 4) is 11.5 Å². The minimum atomic E-state index is -2.87. The van der Waals surface area contributed by atoms with Crippen molar-refractivity contribution in [2.75, 3.05) is 5.32 Å². The molecule has 0 aromatic heterocycles. The number of nitro groups is 1. The lowest BCUT2D eigenvalue weighted by atomic mass is 10.1. The van der Waals surface area contributed by atoms with Crippen LogP contribution in [-0.2, 0) is 4.57 Å². The summed E-state index contributed by atoms with van der Waals surface area (Å²) in [5.41, 5.74) is 0.0287. The number of hydrogen-bond acceptors (Lipinski definition) is 5. The Labute approximate surface area is 166 Å². The van der Waals surface area contributed by atoms with Gasteiger partial charge in [-0.3, -0.25) is 10.1 Å². The van der Waals surface area contributed by atoms with Gasteiger partial charge in [0.1, 0.15) is 17.2 Å². The second kappa shape index (κ2) is 9.82. The number of anilines is 1.